The molecule has 2 aromatic carbocycles. The van der Waals surface area contributed by atoms with Crippen molar-refractivity contribution >= 4 is 24.7 Å². The van der Waals surface area contributed by atoms with Crippen LogP contribution >= 0.6 is 7.60 Å². The molecule has 114 valence electrons. The lowest BCUT2D eigenvalue weighted by Crippen LogP contribution is -2.17. The molecular formula is C17H17O4P. The molecule has 22 heavy (non-hydrogen) atoms. The van der Waals surface area contributed by atoms with Crippen LogP contribution in [0, 0.1) is 0 Å². The summed E-state index contributed by atoms with van der Waals surface area (Å²) in [5.74, 6) is 1.17. The van der Waals surface area contributed by atoms with Crippen LogP contribution in [0.25, 0.3) is 11.8 Å². The van der Waals surface area contributed by atoms with Crippen LogP contribution < -0.4 is 10.0 Å². The van der Waals surface area contributed by atoms with Crippen molar-refractivity contribution in [3.63, 3.8) is 0 Å². The van der Waals surface area contributed by atoms with E-state index in [4.69, 9.17) is 13.8 Å². The van der Waals surface area contributed by atoms with Gasteiger partial charge in [0.15, 0.2) is 0 Å². The summed E-state index contributed by atoms with van der Waals surface area (Å²) in [5, 5.41) is 0.536. The fourth-order valence-corrected chi connectivity index (χ4v) is 4.15. The van der Waals surface area contributed by atoms with Gasteiger partial charge in [0, 0.05) is 5.56 Å². The first-order valence-electron chi connectivity index (χ1n) is 7.06. The van der Waals surface area contributed by atoms with Gasteiger partial charge in [0.1, 0.15) is 11.5 Å². The number of fused-ring (bicyclic) bond motifs is 1. The molecule has 0 radical (unpaired) electrons. The van der Waals surface area contributed by atoms with E-state index in [1.165, 1.54) is 0 Å². The quantitative estimate of drug-likeness (QED) is 0.797. The summed E-state index contributed by atoms with van der Waals surface area (Å²) in [6, 6.07) is 15.0. The van der Waals surface area contributed by atoms with Crippen LogP contribution in [0.1, 0.15) is 18.1 Å². The van der Waals surface area contributed by atoms with Gasteiger partial charge in [-0.05, 0) is 30.7 Å². The number of hydrogen-bond acceptors (Lipinski definition) is 4. The number of benzene rings is 2. The maximum Gasteiger partial charge on any atom is 0.411 e. The van der Waals surface area contributed by atoms with Crippen LogP contribution in [-0.4, -0.2) is 13.7 Å². The minimum atomic E-state index is -3.41. The number of methoxy groups -OCH3 is 1. The van der Waals surface area contributed by atoms with Gasteiger partial charge in [-0.1, -0.05) is 36.4 Å². The lowest BCUT2D eigenvalue weighted by atomic mass is 10.1. The maximum atomic E-state index is 13.2. The normalized spacial score (nSPS) is 19.8. The van der Waals surface area contributed by atoms with Crippen molar-refractivity contribution < 1.29 is 18.3 Å². The van der Waals surface area contributed by atoms with Crippen molar-refractivity contribution in [2.24, 2.45) is 0 Å². The van der Waals surface area contributed by atoms with Gasteiger partial charge in [0.05, 0.1) is 19.0 Å². The highest BCUT2D eigenvalue weighted by Gasteiger charge is 2.36. The molecule has 0 fully saturated rings. The second kappa shape index (κ2) is 5.99. The summed E-state index contributed by atoms with van der Waals surface area (Å²) in [6.07, 6.45) is 1.87. The molecule has 1 aliphatic rings. The summed E-state index contributed by atoms with van der Waals surface area (Å²) in [4.78, 5) is 0. The molecule has 0 bridgehead atoms. The van der Waals surface area contributed by atoms with Gasteiger partial charge in [0.2, 0.25) is 0 Å². The van der Waals surface area contributed by atoms with Crippen LogP contribution in [0.15, 0.2) is 48.5 Å². The zero-order valence-electron chi connectivity index (χ0n) is 12.5. The molecule has 3 rings (SSSR count). The summed E-state index contributed by atoms with van der Waals surface area (Å²) in [7, 11) is -1.84. The molecule has 0 saturated heterocycles. The number of ether oxygens (including phenoxy) is 1. The highest BCUT2D eigenvalue weighted by Crippen LogP contribution is 2.54. The minimum Gasteiger partial charge on any atom is -0.497 e. The van der Waals surface area contributed by atoms with E-state index < -0.39 is 7.60 Å². The molecule has 1 unspecified atom stereocenters. The number of hydrogen-bond donors (Lipinski definition) is 0. The van der Waals surface area contributed by atoms with E-state index in [0.717, 1.165) is 11.1 Å². The van der Waals surface area contributed by atoms with E-state index in [-0.39, 0.29) is 0 Å². The standard InChI is InChI=1S/C17H17O4P/c1-3-20-22(18)17-12-15(19-2)10-9-14(17)11-16(21-22)13-7-5-4-6-8-13/h4-12H,3H2,1-2H3. The highest BCUT2D eigenvalue weighted by atomic mass is 31.2. The molecule has 1 atom stereocenters. The number of rotatable bonds is 4. The fourth-order valence-electron chi connectivity index (χ4n) is 2.36. The Balaban J connectivity index is 2.14. The van der Waals surface area contributed by atoms with E-state index in [0.29, 0.717) is 23.4 Å². The lowest BCUT2D eigenvalue weighted by Gasteiger charge is -2.26. The fraction of sp³-hybridized carbons (Fsp3) is 0.176. The van der Waals surface area contributed by atoms with E-state index >= 15 is 0 Å². The third kappa shape index (κ3) is 2.68. The Morgan fingerprint density at radius 1 is 1.14 bits per heavy atom. The van der Waals surface area contributed by atoms with E-state index in [2.05, 4.69) is 0 Å². The summed E-state index contributed by atoms with van der Waals surface area (Å²) in [6.45, 7) is 2.10. The molecule has 4 nitrogen and oxygen atoms in total. The first-order chi connectivity index (χ1) is 10.7. The van der Waals surface area contributed by atoms with E-state index in [1.54, 1.807) is 20.1 Å². The Morgan fingerprint density at radius 3 is 2.59 bits per heavy atom. The molecule has 0 amide bonds. The van der Waals surface area contributed by atoms with Gasteiger partial charge >= 0.3 is 7.60 Å². The van der Waals surface area contributed by atoms with Crippen LogP contribution in [0.5, 0.6) is 5.75 Å². The third-order valence-electron chi connectivity index (χ3n) is 3.40. The molecule has 0 aliphatic carbocycles. The average molecular weight is 316 g/mol. The van der Waals surface area contributed by atoms with Crippen LogP contribution in [0.3, 0.4) is 0 Å². The van der Waals surface area contributed by atoms with Crippen molar-refractivity contribution in [3.8, 4) is 5.75 Å². The Labute approximate surface area is 129 Å². The molecule has 5 heteroatoms. The summed E-state index contributed by atoms with van der Waals surface area (Å²) < 4.78 is 29.6. The molecule has 0 spiro atoms. The van der Waals surface area contributed by atoms with Crippen LogP contribution in [0.4, 0.5) is 0 Å². The van der Waals surface area contributed by atoms with E-state index in [9.17, 15) is 4.57 Å². The van der Waals surface area contributed by atoms with Gasteiger partial charge in [-0.2, -0.15) is 0 Å². The smallest absolute Gasteiger partial charge is 0.411 e. The zero-order chi connectivity index (χ0) is 15.6. The zero-order valence-corrected chi connectivity index (χ0v) is 13.4. The molecule has 0 aromatic heterocycles. The Morgan fingerprint density at radius 2 is 1.91 bits per heavy atom. The van der Waals surface area contributed by atoms with Crippen molar-refractivity contribution in [2.75, 3.05) is 13.7 Å². The molecule has 0 saturated carbocycles. The average Bonchev–Trinajstić information content (AvgIpc) is 2.55. The largest absolute Gasteiger partial charge is 0.497 e. The molecule has 0 N–H and O–H groups in total. The van der Waals surface area contributed by atoms with Gasteiger partial charge < -0.3 is 9.26 Å². The predicted octanol–water partition coefficient (Wildman–Crippen LogP) is 4.08. The topological polar surface area (TPSA) is 44.8 Å². The van der Waals surface area contributed by atoms with Gasteiger partial charge in [-0.3, -0.25) is 4.52 Å². The Bertz CT molecular complexity index is 753. The van der Waals surface area contributed by atoms with Crippen molar-refractivity contribution in [3.05, 3.63) is 59.7 Å². The first kappa shape index (κ1) is 14.9. The maximum absolute atomic E-state index is 13.2. The Kier molecular flexibility index (Phi) is 4.06. The van der Waals surface area contributed by atoms with Crippen molar-refractivity contribution in [1.82, 2.24) is 0 Å². The van der Waals surface area contributed by atoms with Gasteiger partial charge in [-0.25, -0.2) is 4.57 Å². The molecule has 2 aromatic rings. The van der Waals surface area contributed by atoms with Crippen LogP contribution in [-0.2, 0) is 13.6 Å². The predicted molar refractivity (Wildman–Crippen MR) is 87.3 cm³/mol. The Hall–Kier alpha value is -2.03. The minimum absolute atomic E-state index is 0.302. The molecule has 1 heterocycles. The van der Waals surface area contributed by atoms with Gasteiger partial charge in [0.25, 0.3) is 0 Å². The summed E-state index contributed by atoms with van der Waals surface area (Å²) >= 11 is 0. The second-order valence-electron chi connectivity index (χ2n) is 4.81. The summed E-state index contributed by atoms with van der Waals surface area (Å²) in [5.41, 5.74) is 1.69. The highest BCUT2D eigenvalue weighted by molar-refractivity contribution is 7.62. The van der Waals surface area contributed by atoms with Crippen molar-refractivity contribution in [2.45, 2.75) is 6.92 Å². The molecular weight excluding hydrogens is 299 g/mol. The lowest BCUT2D eigenvalue weighted by molar-refractivity contribution is 0.279. The monoisotopic (exact) mass is 316 g/mol. The third-order valence-corrected chi connectivity index (χ3v) is 5.41. The molecule has 1 aliphatic heterocycles. The van der Waals surface area contributed by atoms with Crippen molar-refractivity contribution in [1.29, 1.82) is 0 Å². The second-order valence-corrected chi connectivity index (χ2v) is 6.72. The van der Waals surface area contributed by atoms with E-state index in [1.807, 2.05) is 48.5 Å². The SMILES string of the molecule is CCOP1(=O)OC(c2ccccc2)=Cc2ccc(OC)cc21. The first-order valence-corrected chi connectivity index (χ1v) is 8.60. The van der Waals surface area contributed by atoms with Gasteiger partial charge in [-0.15, -0.1) is 0 Å². The van der Waals surface area contributed by atoms with Crippen LogP contribution in [0.2, 0.25) is 0 Å².